The fourth-order valence-electron chi connectivity index (χ4n) is 2.13. The van der Waals surface area contributed by atoms with E-state index in [-0.39, 0.29) is 6.61 Å². The first-order valence-corrected chi connectivity index (χ1v) is 9.39. The molecule has 6 nitrogen and oxygen atoms in total. The Kier molecular flexibility index (Phi) is 6.66. The molecule has 0 radical (unpaired) electrons. The van der Waals surface area contributed by atoms with Gasteiger partial charge in [0.1, 0.15) is 6.61 Å². The molecule has 1 amide bonds. The molecule has 0 aliphatic heterocycles. The average molecular weight is 433 g/mol. The summed E-state index contributed by atoms with van der Waals surface area (Å²) in [6.07, 6.45) is -4.93. The second-order valence-electron chi connectivity index (χ2n) is 5.43. The number of nitrogens with one attached hydrogen (secondary N) is 1. The van der Waals surface area contributed by atoms with Gasteiger partial charge in [0.25, 0.3) is 15.9 Å². The van der Waals surface area contributed by atoms with Crippen LogP contribution < -0.4 is 4.72 Å². The minimum atomic E-state index is -4.93. The highest BCUT2D eigenvalue weighted by Gasteiger charge is 2.35. The zero-order valence-corrected chi connectivity index (χ0v) is 15.5. The highest BCUT2D eigenvalue weighted by molar-refractivity contribution is 7.90. The normalized spacial score (nSPS) is 11.7. The van der Waals surface area contributed by atoms with Crippen molar-refractivity contribution in [2.24, 2.45) is 0 Å². The lowest BCUT2D eigenvalue weighted by molar-refractivity contribution is -0.138. The number of rotatable bonds is 6. The van der Waals surface area contributed by atoms with E-state index in [9.17, 15) is 26.4 Å². The van der Waals surface area contributed by atoms with Crippen molar-refractivity contribution in [2.45, 2.75) is 17.7 Å². The molecule has 0 heterocycles. The van der Waals surface area contributed by atoms with Gasteiger partial charge in [0.2, 0.25) is 0 Å². The van der Waals surface area contributed by atoms with Gasteiger partial charge in [-0.1, -0.05) is 29.8 Å². The van der Waals surface area contributed by atoms with E-state index in [4.69, 9.17) is 21.6 Å². The summed E-state index contributed by atoms with van der Waals surface area (Å²) in [5.41, 5.74) is -1.58. The van der Waals surface area contributed by atoms with Crippen molar-refractivity contribution in [3.63, 3.8) is 0 Å². The van der Waals surface area contributed by atoms with Crippen LogP contribution in [-0.2, 0) is 32.3 Å². The Morgan fingerprint density at radius 1 is 1.21 bits per heavy atom. The Morgan fingerprint density at radius 3 is 2.50 bits per heavy atom. The van der Waals surface area contributed by atoms with E-state index in [1.54, 1.807) is 29.0 Å². The number of amides is 1. The molecule has 0 unspecified atom stereocenters. The largest absolute Gasteiger partial charge is 0.417 e. The first-order valence-electron chi connectivity index (χ1n) is 7.53. The summed E-state index contributed by atoms with van der Waals surface area (Å²) in [4.78, 5) is 11.0. The van der Waals surface area contributed by atoms with Crippen LogP contribution in [-0.4, -0.2) is 20.9 Å². The predicted octanol–water partition coefficient (Wildman–Crippen LogP) is 3.25. The van der Waals surface area contributed by atoms with Gasteiger partial charge in [0.15, 0.2) is 0 Å². The zero-order valence-electron chi connectivity index (χ0n) is 14.0. The van der Waals surface area contributed by atoms with Crippen LogP contribution in [0.5, 0.6) is 0 Å². The number of carbonyl (C=O) groups excluding carboxylic acids is 1. The average Bonchev–Trinajstić information content (AvgIpc) is 2.61. The van der Waals surface area contributed by atoms with Gasteiger partial charge in [-0.25, -0.2) is 13.1 Å². The lowest BCUT2D eigenvalue weighted by Crippen LogP contribution is -2.33. The fourth-order valence-corrected chi connectivity index (χ4v) is 3.32. The van der Waals surface area contributed by atoms with Crippen LogP contribution in [0.3, 0.4) is 0 Å². The van der Waals surface area contributed by atoms with Crippen molar-refractivity contribution >= 4 is 27.5 Å². The van der Waals surface area contributed by atoms with Crippen LogP contribution in [0.25, 0.3) is 0 Å². The molecule has 0 saturated carbocycles. The predicted molar refractivity (Wildman–Crippen MR) is 92.6 cm³/mol. The van der Waals surface area contributed by atoms with Gasteiger partial charge in [0, 0.05) is 5.02 Å². The first-order chi connectivity index (χ1) is 13.0. The van der Waals surface area contributed by atoms with Gasteiger partial charge in [-0.05, 0) is 29.8 Å². The van der Waals surface area contributed by atoms with E-state index >= 15 is 0 Å². The second-order valence-corrected chi connectivity index (χ2v) is 7.52. The summed E-state index contributed by atoms with van der Waals surface area (Å²) in [5.74, 6) is -1.08. The van der Waals surface area contributed by atoms with Crippen molar-refractivity contribution in [2.75, 3.05) is 6.61 Å². The Bertz CT molecular complexity index is 1030. The molecule has 0 aliphatic rings. The maximum absolute atomic E-state index is 13.0. The number of hydrogen-bond donors (Lipinski definition) is 1. The summed E-state index contributed by atoms with van der Waals surface area (Å²) < 4.78 is 69.9. The summed E-state index contributed by atoms with van der Waals surface area (Å²) in [6, 6.07) is 9.78. The molecular weight excluding hydrogens is 421 g/mol. The summed E-state index contributed by atoms with van der Waals surface area (Å²) in [7, 11) is -4.59. The molecule has 0 fully saturated rings. The molecule has 2 rings (SSSR count). The monoisotopic (exact) mass is 432 g/mol. The van der Waals surface area contributed by atoms with Gasteiger partial charge in [-0.15, -0.1) is 0 Å². The number of hydrogen-bond acceptors (Lipinski definition) is 5. The molecule has 0 aliphatic carbocycles. The van der Waals surface area contributed by atoms with Gasteiger partial charge in [0.05, 0.1) is 28.7 Å². The second kappa shape index (κ2) is 8.60. The van der Waals surface area contributed by atoms with E-state index in [1.807, 2.05) is 0 Å². The van der Waals surface area contributed by atoms with Crippen LogP contribution >= 0.6 is 11.6 Å². The van der Waals surface area contributed by atoms with Gasteiger partial charge in [-0.3, -0.25) is 4.79 Å². The quantitative estimate of drug-likeness (QED) is 0.755. The molecular formula is C17H12ClF3N2O4S. The molecule has 2 aromatic rings. The van der Waals surface area contributed by atoms with Crippen molar-refractivity contribution in [1.29, 1.82) is 5.26 Å². The third kappa shape index (κ3) is 5.45. The highest BCUT2D eigenvalue weighted by Crippen LogP contribution is 2.33. The summed E-state index contributed by atoms with van der Waals surface area (Å²) in [6.45, 7) is -0.727. The molecule has 0 atom stereocenters. The molecule has 0 bridgehead atoms. The Balaban J connectivity index is 2.08. The number of ether oxygens (including phenoxy) is 1. The number of benzene rings is 2. The van der Waals surface area contributed by atoms with E-state index in [1.165, 1.54) is 6.07 Å². The molecule has 0 aromatic heterocycles. The molecule has 0 saturated heterocycles. The lowest BCUT2D eigenvalue weighted by atomic mass is 10.1. The van der Waals surface area contributed by atoms with E-state index in [0.29, 0.717) is 16.7 Å². The molecule has 148 valence electrons. The Hall–Kier alpha value is -2.61. The van der Waals surface area contributed by atoms with Crippen LogP contribution in [0.15, 0.2) is 47.4 Å². The maximum Gasteiger partial charge on any atom is 0.417 e. The summed E-state index contributed by atoms with van der Waals surface area (Å²) in [5, 5.41) is 9.13. The SMILES string of the molecule is N#Cc1ccc(S(=O)(=O)NC(=O)COCc2ccccc2Cl)cc1C(F)(F)F. The van der Waals surface area contributed by atoms with Gasteiger partial charge < -0.3 is 4.74 Å². The molecule has 28 heavy (non-hydrogen) atoms. The topological polar surface area (TPSA) is 96.3 Å². The molecule has 11 heteroatoms. The van der Waals surface area contributed by atoms with E-state index in [2.05, 4.69) is 0 Å². The Morgan fingerprint density at radius 2 is 1.89 bits per heavy atom. The molecule has 0 spiro atoms. The first kappa shape index (κ1) is 21.7. The number of alkyl halides is 3. The standard InChI is InChI=1S/C17H12ClF3N2O4S/c18-15-4-2-1-3-12(15)9-27-10-16(24)23-28(25,26)13-6-5-11(8-22)14(7-13)17(19,20)21/h1-7H,9-10H2,(H,23,24). The van der Waals surface area contributed by atoms with Gasteiger partial charge >= 0.3 is 6.18 Å². The van der Waals surface area contributed by atoms with Crippen molar-refractivity contribution < 1.29 is 31.1 Å². The third-order valence-corrected chi connectivity index (χ3v) is 5.16. The number of halogens is 4. The number of carbonyl (C=O) groups is 1. The number of nitrogens with zero attached hydrogens (tertiary/aromatic N) is 1. The zero-order chi connectivity index (χ0) is 20.9. The molecule has 2 aromatic carbocycles. The maximum atomic E-state index is 13.0. The van der Waals surface area contributed by atoms with Gasteiger partial charge in [-0.2, -0.15) is 18.4 Å². The summed E-state index contributed by atoms with van der Waals surface area (Å²) >= 11 is 5.91. The van der Waals surface area contributed by atoms with Crippen molar-refractivity contribution in [3.8, 4) is 6.07 Å². The minimum absolute atomic E-state index is 0.0672. The van der Waals surface area contributed by atoms with Crippen LogP contribution in [0, 0.1) is 11.3 Å². The smallest absolute Gasteiger partial charge is 0.367 e. The van der Waals surface area contributed by atoms with Crippen LogP contribution in [0.2, 0.25) is 5.02 Å². The van der Waals surface area contributed by atoms with Crippen LogP contribution in [0.4, 0.5) is 13.2 Å². The Labute approximate surface area is 163 Å². The highest BCUT2D eigenvalue weighted by atomic mass is 35.5. The van der Waals surface area contributed by atoms with Crippen molar-refractivity contribution in [1.82, 2.24) is 4.72 Å². The van der Waals surface area contributed by atoms with Crippen LogP contribution in [0.1, 0.15) is 16.7 Å². The fraction of sp³-hybridized carbons (Fsp3) is 0.176. The molecule has 1 N–H and O–H groups in total. The number of nitriles is 1. The van der Waals surface area contributed by atoms with E-state index in [0.717, 1.165) is 12.1 Å². The third-order valence-electron chi connectivity index (χ3n) is 3.42. The van der Waals surface area contributed by atoms with E-state index < -0.39 is 44.7 Å². The lowest BCUT2D eigenvalue weighted by Gasteiger charge is -2.12. The minimum Gasteiger partial charge on any atom is -0.367 e. The van der Waals surface area contributed by atoms with Crippen molar-refractivity contribution in [3.05, 3.63) is 64.2 Å². The number of sulfonamides is 1.